The average molecular weight is 239 g/mol. The van der Waals surface area contributed by atoms with Crippen molar-refractivity contribution in [3.8, 4) is 0 Å². The summed E-state index contributed by atoms with van der Waals surface area (Å²) in [6.07, 6.45) is 4.47. The molecule has 1 saturated heterocycles. The molecule has 0 spiro atoms. The van der Waals surface area contributed by atoms with Gasteiger partial charge >= 0.3 is 5.97 Å². The summed E-state index contributed by atoms with van der Waals surface area (Å²) in [5, 5.41) is 9.11. The third-order valence-electron chi connectivity index (χ3n) is 4.38. The van der Waals surface area contributed by atoms with E-state index in [2.05, 4.69) is 13.8 Å². The summed E-state index contributed by atoms with van der Waals surface area (Å²) < 4.78 is 0. The van der Waals surface area contributed by atoms with Crippen molar-refractivity contribution in [3.05, 3.63) is 0 Å². The van der Waals surface area contributed by atoms with Crippen LogP contribution in [0.5, 0.6) is 0 Å². The van der Waals surface area contributed by atoms with E-state index in [1.165, 1.54) is 0 Å². The monoisotopic (exact) mass is 239 g/mol. The highest BCUT2D eigenvalue weighted by Crippen LogP contribution is 2.44. The Labute approximate surface area is 102 Å². The van der Waals surface area contributed by atoms with E-state index >= 15 is 0 Å². The van der Waals surface area contributed by atoms with Gasteiger partial charge in [-0.25, -0.2) is 4.79 Å². The van der Waals surface area contributed by atoms with Crippen LogP contribution in [0.3, 0.4) is 0 Å². The summed E-state index contributed by atoms with van der Waals surface area (Å²) in [4.78, 5) is 25.1. The number of aliphatic carboxylic acids is 1. The quantitative estimate of drug-likeness (QED) is 0.800. The maximum absolute atomic E-state index is 12.4. The molecule has 1 unspecified atom stereocenters. The Morgan fingerprint density at radius 2 is 1.94 bits per heavy atom. The molecule has 2 aliphatic rings. The number of carboxylic acid groups (broad SMARTS) is 1. The highest BCUT2D eigenvalue weighted by Gasteiger charge is 2.44. The Bertz CT molecular complexity index is 338. The zero-order valence-electron chi connectivity index (χ0n) is 10.6. The van der Waals surface area contributed by atoms with Crippen molar-refractivity contribution >= 4 is 11.9 Å². The van der Waals surface area contributed by atoms with Gasteiger partial charge < -0.3 is 10.0 Å². The summed E-state index contributed by atoms with van der Waals surface area (Å²) in [5.41, 5.74) is 0.0305. The minimum atomic E-state index is -0.855. The molecule has 2 atom stereocenters. The molecular formula is C13H21NO3. The molecule has 1 N–H and O–H groups in total. The summed E-state index contributed by atoms with van der Waals surface area (Å²) in [6.45, 7) is 4.85. The van der Waals surface area contributed by atoms with Crippen LogP contribution in [0.2, 0.25) is 0 Å². The first-order chi connectivity index (χ1) is 7.93. The smallest absolute Gasteiger partial charge is 0.326 e. The van der Waals surface area contributed by atoms with E-state index in [1.54, 1.807) is 4.90 Å². The largest absolute Gasteiger partial charge is 0.480 e. The van der Waals surface area contributed by atoms with Gasteiger partial charge in [-0.2, -0.15) is 0 Å². The van der Waals surface area contributed by atoms with Crippen molar-refractivity contribution in [2.75, 3.05) is 6.54 Å². The predicted octanol–water partition coefficient (Wildman–Crippen LogP) is 1.89. The van der Waals surface area contributed by atoms with Gasteiger partial charge in [-0.3, -0.25) is 4.79 Å². The molecule has 4 heteroatoms. The minimum absolute atomic E-state index is 0.0162. The molecule has 1 amide bonds. The summed E-state index contributed by atoms with van der Waals surface area (Å²) in [6, 6.07) is -0.584. The number of carbonyl (C=O) groups excluding carboxylic acids is 1. The third-order valence-corrected chi connectivity index (χ3v) is 4.38. The number of carboxylic acids is 1. The molecule has 96 valence electrons. The first kappa shape index (κ1) is 12.4. The molecule has 1 aliphatic heterocycles. The van der Waals surface area contributed by atoms with E-state index in [9.17, 15) is 9.59 Å². The summed E-state index contributed by atoms with van der Waals surface area (Å²) in [7, 11) is 0. The first-order valence-corrected chi connectivity index (χ1v) is 6.47. The second-order valence-corrected chi connectivity index (χ2v) is 5.96. The predicted molar refractivity (Wildman–Crippen MR) is 63.5 cm³/mol. The Kier molecular flexibility index (Phi) is 3.15. The van der Waals surface area contributed by atoms with Crippen LogP contribution < -0.4 is 0 Å². The van der Waals surface area contributed by atoms with Gasteiger partial charge in [0, 0.05) is 12.5 Å². The molecule has 1 heterocycles. The molecule has 1 aliphatic carbocycles. The van der Waals surface area contributed by atoms with Crippen LogP contribution in [0.15, 0.2) is 0 Å². The van der Waals surface area contributed by atoms with Crippen LogP contribution in [0.4, 0.5) is 0 Å². The minimum Gasteiger partial charge on any atom is -0.480 e. The van der Waals surface area contributed by atoms with E-state index in [4.69, 9.17) is 5.11 Å². The molecule has 2 fully saturated rings. The Morgan fingerprint density at radius 3 is 2.47 bits per heavy atom. The van der Waals surface area contributed by atoms with Crippen molar-refractivity contribution in [3.63, 3.8) is 0 Å². The van der Waals surface area contributed by atoms with E-state index in [-0.39, 0.29) is 17.2 Å². The second kappa shape index (κ2) is 4.31. The number of likely N-dealkylation sites (tertiary alicyclic amines) is 1. The molecule has 17 heavy (non-hydrogen) atoms. The number of carbonyl (C=O) groups is 2. The fourth-order valence-electron chi connectivity index (χ4n) is 3.27. The van der Waals surface area contributed by atoms with Gasteiger partial charge in [-0.15, -0.1) is 0 Å². The van der Waals surface area contributed by atoms with Crippen LogP contribution in [-0.2, 0) is 9.59 Å². The Morgan fingerprint density at radius 1 is 1.24 bits per heavy atom. The lowest BCUT2D eigenvalue weighted by Gasteiger charge is -2.31. The second-order valence-electron chi connectivity index (χ2n) is 5.96. The fraction of sp³-hybridized carbons (Fsp3) is 0.846. The highest BCUT2D eigenvalue weighted by atomic mass is 16.4. The lowest BCUT2D eigenvalue weighted by Crippen LogP contribution is -2.45. The third kappa shape index (κ3) is 2.17. The fourth-order valence-corrected chi connectivity index (χ4v) is 3.27. The highest BCUT2D eigenvalue weighted by molar-refractivity contribution is 5.86. The molecular weight excluding hydrogens is 218 g/mol. The van der Waals surface area contributed by atoms with Gasteiger partial charge in [0.1, 0.15) is 6.04 Å². The van der Waals surface area contributed by atoms with Crippen LogP contribution >= 0.6 is 0 Å². The zero-order chi connectivity index (χ0) is 12.6. The number of nitrogens with zero attached hydrogens (tertiary/aromatic N) is 1. The number of amides is 1. The van der Waals surface area contributed by atoms with Gasteiger partial charge in [0.15, 0.2) is 0 Å². The molecule has 1 saturated carbocycles. The molecule has 0 aromatic rings. The van der Waals surface area contributed by atoms with Crippen molar-refractivity contribution in [2.45, 2.75) is 52.0 Å². The summed E-state index contributed by atoms with van der Waals surface area (Å²) >= 11 is 0. The maximum Gasteiger partial charge on any atom is 0.326 e. The van der Waals surface area contributed by atoms with Crippen LogP contribution in [0.25, 0.3) is 0 Å². The van der Waals surface area contributed by atoms with Crippen molar-refractivity contribution in [1.82, 2.24) is 4.90 Å². The zero-order valence-corrected chi connectivity index (χ0v) is 10.6. The van der Waals surface area contributed by atoms with Gasteiger partial charge in [-0.05, 0) is 31.1 Å². The van der Waals surface area contributed by atoms with Crippen LogP contribution in [0, 0.1) is 11.3 Å². The van der Waals surface area contributed by atoms with E-state index in [1.807, 2.05) is 0 Å². The van der Waals surface area contributed by atoms with E-state index in [0.29, 0.717) is 13.0 Å². The standard InChI is InChI=1S/C13H21NO3/c1-13(2)7-3-5-9(13)11(15)14-8-4-6-10(14)12(16)17/h9-10H,3-8H2,1-2H3,(H,16,17)/t9?,10-/m1/s1. The molecule has 0 radical (unpaired) electrons. The number of hydrogen-bond acceptors (Lipinski definition) is 2. The molecule has 0 aromatic heterocycles. The lowest BCUT2D eigenvalue weighted by molar-refractivity contribution is -0.151. The van der Waals surface area contributed by atoms with E-state index in [0.717, 1.165) is 25.7 Å². The lowest BCUT2D eigenvalue weighted by atomic mass is 9.81. The van der Waals surface area contributed by atoms with Gasteiger partial charge in [0.25, 0.3) is 0 Å². The number of hydrogen-bond donors (Lipinski definition) is 1. The first-order valence-electron chi connectivity index (χ1n) is 6.47. The SMILES string of the molecule is CC1(C)CCCC1C(=O)N1CCC[C@@H]1C(=O)O. The van der Waals surface area contributed by atoms with Gasteiger partial charge in [-0.1, -0.05) is 20.3 Å². The van der Waals surface area contributed by atoms with Gasteiger partial charge in [0.2, 0.25) is 5.91 Å². The maximum atomic E-state index is 12.4. The van der Waals surface area contributed by atoms with E-state index < -0.39 is 12.0 Å². The molecule has 0 bridgehead atoms. The van der Waals surface area contributed by atoms with Crippen LogP contribution in [-0.4, -0.2) is 34.5 Å². The molecule has 4 nitrogen and oxygen atoms in total. The van der Waals surface area contributed by atoms with Crippen LogP contribution in [0.1, 0.15) is 46.0 Å². The number of rotatable bonds is 2. The average Bonchev–Trinajstić information content (AvgIpc) is 2.82. The Hall–Kier alpha value is -1.06. The molecule has 2 rings (SSSR count). The van der Waals surface area contributed by atoms with Crippen molar-refractivity contribution in [2.24, 2.45) is 11.3 Å². The topological polar surface area (TPSA) is 57.6 Å². The summed E-state index contributed by atoms with van der Waals surface area (Å²) in [5.74, 6) is -0.772. The normalized spacial score (nSPS) is 31.8. The van der Waals surface area contributed by atoms with Gasteiger partial charge in [0.05, 0.1) is 0 Å². The van der Waals surface area contributed by atoms with Crippen molar-refractivity contribution < 1.29 is 14.7 Å². The molecule has 0 aromatic carbocycles. The van der Waals surface area contributed by atoms with Crippen molar-refractivity contribution in [1.29, 1.82) is 0 Å². The Balaban J connectivity index is 2.12.